The molecule has 0 saturated carbocycles. The van der Waals surface area contributed by atoms with Crippen molar-refractivity contribution in [3.05, 3.63) is 58.3 Å². The van der Waals surface area contributed by atoms with Crippen LogP contribution in [0, 0.1) is 0 Å². The highest BCUT2D eigenvalue weighted by Gasteiger charge is 2.13. The van der Waals surface area contributed by atoms with Gasteiger partial charge in [0.05, 0.1) is 11.9 Å². The number of aromatic nitrogens is 1. The molecule has 0 aliphatic heterocycles. The van der Waals surface area contributed by atoms with Gasteiger partial charge in [-0.3, -0.25) is 5.43 Å². The number of hydrogen-bond acceptors (Lipinski definition) is 4. The molecule has 102 valence electrons. The second kappa shape index (κ2) is 6.36. The maximum absolute atomic E-state index is 11.2. The summed E-state index contributed by atoms with van der Waals surface area (Å²) in [6.45, 7) is 0. The third-order valence-electron chi connectivity index (χ3n) is 2.32. The molecular formula is C13H9Cl2N3O2. The van der Waals surface area contributed by atoms with Crippen LogP contribution in [0.15, 0.2) is 47.7 Å². The van der Waals surface area contributed by atoms with Gasteiger partial charge in [-0.25, -0.2) is 9.78 Å². The molecule has 20 heavy (non-hydrogen) atoms. The highest BCUT2D eigenvalue weighted by atomic mass is 35.5. The van der Waals surface area contributed by atoms with Crippen molar-refractivity contribution in [2.45, 2.75) is 0 Å². The van der Waals surface area contributed by atoms with Gasteiger partial charge in [0.1, 0.15) is 5.15 Å². The topological polar surface area (TPSA) is 74.6 Å². The zero-order chi connectivity index (χ0) is 14.5. The van der Waals surface area contributed by atoms with Gasteiger partial charge in [-0.15, -0.1) is 0 Å². The van der Waals surface area contributed by atoms with Crippen LogP contribution in [0.5, 0.6) is 0 Å². The Morgan fingerprint density at radius 2 is 2.05 bits per heavy atom. The second-order valence-corrected chi connectivity index (χ2v) is 4.58. The molecule has 1 aromatic carbocycles. The van der Waals surface area contributed by atoms with E-state index in [4.69, 9.17) is 23.2 Å². The number of benzene rings is 1. The maximum Gasteiger partial charge on any atom is 0.356 e. The molecular weight excluding hydrogens is 301 g/mol. The zero-order valence-corrected chi connectivity index (χ0v) is 11.6. The zero-order valence-electron chi connectivity index (χ0n) is 10.0. The summed E-state index contributed by atoms with van der Waals surface area (Å²) >= 11 is 11.5. The average Bonchev–Trinajstić information content (AvgIpc) is 2.41. The van der Waals surface area contributed by atoms with Crippen LogP contribution in [-0.2, 0) is 4.79 Å². The molecule has 2 aromatic rings. The SMILES string of the molecule is O=C(O)/C(=N\Nc1ccc(Cl)nc1)c1cccc(Cl)c1. The molecule has 5 nitrogen and oxygen atoms in total. The Morgan fingerprint density at radius 3 is 2.65 bits per heavy atom. The first-order chi connectivity index (χ1) is 9.56. The van der Waals surface area contributed by atoms with E-state index in [0.29, 0.717) is 21.4 Å². The fourth-order valence-electron chi connectivity index (χ4n) is 1.43. The van der Waals surface area contributed by atoms with Gasteiger partial charge in [0.2, 0.25) is 0 Å². The van der Waals surface area contributed by atoms with Gasteiger partial charge in [0.25, 0.3) is 0 Å². The molecule has 0 aliphatic rings. The molecule has 0 amide bonds. The van der Waals surface area contributed by atoms with Crippen molar-refractivity contribution >= 4 is 40.6 Å². The Balaban J connectivity index is 2.27. The fraction of sp³-hybridized carbons (Fsp3) is 0. The molecule has 2 rings (SSSR count). The lowest BCUT2D eigenvalue weighted by atomic mass is 10.1. The van der Waals surface area contributed by atoms with Gasteiger partial charge in [-0.1, -0.05) is 35.3 Å². The summed E-state index contributed by atoms with van der Waals surface area (Å²) in [5, 5.41) is 13.8. The molecule has 0 saturated heterocycles. The number of carbonyl (C=O) groups is 1. The van der Waals surface area contributed by atoms with Crippen molar-refractivity contribution in [2.75, 3.05) is 5.43 Å². The average molecular weight is 310 g/mol. The minimum absolute atomic E-state index is 0.151. The first kappa shape index (κ1) is 14.3. The Bertz CT molecular complexity index is 657. The lowest BCUT2D eigenvalue weighted by molar-refractivity contribution is -0.129. The third-order valence-corrected chi connectivity index (χ3v) is 2.78. The Hall–Kier alpha value is -2.11. The number of halogens is 2. The monoisotopic (exact) mass is 309 g/mol. The van der Waals surface area contributed by atoms with Gasteiger partial charge < -0.3 is 5.11 Å². The van der Waals surface area contributed by atoms with Gasteiger partial charge >= 0.3 is 5.97 Å². The molecule has 0 bridgehead atoms. The van der Waals surface area contributed by atoms with Crippen LogP contribution in [-0.4, -0.2) is 21.8 Å². The van der Waals surface area contributed by atoms with Crippen molar-refractivity contribution in [1.29, 1.82) is 0 Å². The quantitative estimate of drug-likeness (QED) is 0.516. The number of hydrazone groups is 1. The van der Waals surface area contributed by atoms with Crippen molar-refractivity contribution in [3.63, 3.8) is 0 Å². The summed E-state index contributed by atoms with van der Waals surface area (Å²) in [6.07, 6.45) is 1.45. The largest absolute Gasteiger partial charge is 0.476 e. The van der Waals surface area contributed by atoms with Crippen molar-refractivity contribution in [3.8, 4) is 0 Å². The van der Waals surface area contributed by atoms with Crippen molar-refractivity contribution in [1.82, 2.24) is 4.98 Å². The molecule has 0 fully saturated rings. The normalized spacial score (nSPS) is 11.2. The third kappa shape index (κ3) is 3.69. The van der Waals surface area contributed by atoms with E-state index in [2.05, 4.69) is 15.5 Å². The maximum atomic E-state index is 11.2. The molecule has 0 atom stereocenters. The first-order valence-corrected chi connectivity index (χ1v) is 6.26. The Kier molecular flexibility index (Phi) is 4.55. The molecule has 0 unspecified atom stereocenters. The van der Waals surface area contributed by atoms with Gasteiger partial charge in [-0.05, 0) is 24.3 Å². The number of nitrogens with one attached hydrogen (secondary N) is 1. The van der Waals surface area contributed by atoms with E-state index >= 15 is 0 Å². The van der Waals surface area contributed by atoms with E-state index in [1.165, 1.54) is 12.3 Å². The van der Waals surface area contributed by atoms with Crippen molar-refractivity contribution in [2.24, 2.45) is 5.10 Å². The first-order valence-electron chi connectivity index (χ1n) is 5.51. The lowest BCUT2D eigenvalue weighted by Crippen LogP contribution is -2.16. The van der Waals surface area contributed by atoms with Gasteiger partial charge in [0, 0.05) is 10.6 Å². The van der Waals surface area contributed by atoms with Gasteiger partial charge in [0.15, 0.2) is 5.71 Å². The molecule has 0 aliphatic carbocycles. The minimum Gasteiger partial charge on any atom is -0.476 e. The Labute approximate surface area is 124 Å². The van der Waals surface area contributed by atoms with E-state index < -0.39 is 5.97 Å². The number of hydrogen-bond donors (Lipinski definition) is 2. The highest BCUT2D eigenvalue weighted by molar-refractivity contribution is 6.43. The predicted octanol–water partition coefficient (Wildman–Crippen LogP) is 3.29. The van der Waals surface area contributed by atoms with Crippen LogP contribution in [0.2, 0.25) is 10.2 Å². The van der Waals surface area contributed by atoms with E-state index in [9.17, 15) is 9.90 Å². The van der Waals surface area contributed by atoms with Crippen molar-refractivity contribution < 1.29 is 9.90 Å². The number of nitrogens with zero attached hydrogens (tertiary/aromatic N) is 2. The number of anilines is 1. The molecule has 0 spiro atoms. The summed E-state index contributed by atoms with van der Waals surface area (Å²) in [4.78, 5) is 15.1. The summed E-state index contributed by atoms with van der Waals surface area (Å²) in [7, 11) is 0. The molecule has 1 aromatic heterocycles. The van der Waals surface area contributed by atoms with Crippen LogP contribution in [0.4, 0.5) is 5.69 Å². The van der Waals surface area contributed by atoms with Crippen LogP contribution in [0.1, 0.15) is 5.56 Å². The van der Waals surface area contributed by atoms with E-state index in [1.807, 2.05) is 0 Å². The van der Waals surface area contributed by atoms with Crippen LogP contribution >= 0.6 is 23.2 Å². The number of carboxylic acid groups (broad SMARTS) is 1. The summed E-state index contributed by atoms with van der Waals surface area (Å²) in [5.41, 5.74) is 3.39. The molecule has 2 N–H and O–H groups in total. The molecule has 0 radical (unpaired) electrons. The highest BCUT2D eigenvalue weighted by Crippen LogP contribution is 2.13. The van der Waals surface area contributed by atoms with E-state index in [0.717, 1.165) is 0 Å². The summed E-state index contributed by atoms with van der Waals surface area (Å²) < 4.78 is 0. The second-order valence-electron chi connectivity index (χ2n) is 3.76. The summed E-state index contributed by atoms with van der Waals surface area (Å²) in [6, 6.07) is 9.65. The minimum atomic E-state index is -1.17. The van der Waals surface area contributed by atoms with Gasteiger partial charge in [-0.2, -0.15) is 5.10 Å². The fourth-order valence-corrected chi connectivity index (χ4v) is 1.74. The van der Waals surface area contributed by atoms with Crippen LogP contribution < -0.4 is 5.43 Å². The standard InChI is InChI=1S/C13H9Cl2N3O2/c14-9-3-1-2-8(6-9)12(13(19)20)18-17-10-4-5-11(15)16-7-10/h1-7,17H,(H,19,20)/b18-12-. The van der Waals surface area contributed by atoms with E-state index in [1.54, 1.807) is 30.3 Å². The Morgan fingerprint density at radius 1 is 1.25 bits per heavy atom. The number of pyridine rings is 1. The molecule has 1 heterocycles. The predicted molar refractivity (Wildman–Crippen MR) is 78.5 cm³/mol. The lowest BCUT2D eigenvalue weighted by Gasteiger charge is -2.04. The number of carboxylic acids is 1. The van der Waals surface area contributed by atoms with Crippen LogP contribution in [0.25, 0.3) is 0 Å². The smallest absolute Gasteiger partial charge is 0.356 e. The van der Waals surface area contributed by atoms with Crippen LogP contribution in [0.3, 0.4) is 0 Å². The summed E-state index contributed by atoms with van der Waals surface area (Å²) in [5.74, 6) is -1.17. The number of aliphatic carboxylic acids is 1. The number of rotatable bonds is 4. The molecule has 7 heteroatoms. The van der Waals surface area contributed by atoms with E-state index in [-0.39, 0.29) is 5.71 Å².